The molecule has 9 aromatic carbocycles. The highest BCUT2D eigenvalue weighted by atomic mass is 31.1. The maximum absolute atomic E-state index is 6.66. The summed E-state index contributed by atoms with van der Waals surface area (Å²) in [7, 11) is -1.27. The lowest BCUT2D eigenvalue weighted by atomic mass is 9.97. The Morgan fingerprint density at radius 2 is 0.900 bits per heavy atom. The molecule has 232 valence electrons. The molecule has 0 fully saturated rings. The van der Waals surface area contributed by atoms with Crippen LogP contribution in [0.3, 0.4) is 0 Å². The Morgan fingerprint density at radius 3 is 1.60 bits per heavy atom. The molecule has 0 aliphatic heterocycles. The van der Waals surface area contributed by atoms with E-state index in [2.05, 4.69) is 176 Å². The molecule has 0 atom stereocenters. The van der Waals surface area contributed by atoms with Gasteiger partial charge in [-0.3, -0.25) is 0 Å². The second-order valence-electron chi connectivity index (χ2n) is 13.5. The van der Waals surface area contributed by atoms with E-state index < -0.39 is 7.92 Å². The van der Waals surface area contributed by atoms with Crippen LogP contribution in [-0.2, 0) is 0 Å². The van der Waals surface area contributed by atoms with Gasteiger partial charge in [-0.1, -0.05) is 121 Å². The number of fused-ring (bicyclic) bond motifs is 9. The van der Waals surface area contributed by atoms with E-state index in [9.17, 15) is 0 Å². The van der Waals surface area contributed by atoms with Crippen LogP contribution in [0.15, 0.2) is 180 Å². The molecule has 0 amide bonds. The van der Waals surface area contributed by atoms with Crippen molar-refractivity contribution in [1.29, 1.82) is 0 Å². The minimum atomic E-state index is -1.27. The van der Waals surface area contributed by atoms with Crippen molar-refractivity contribution in [2.24, 2.45) is 0 Å². The fourth-order valence-corrected chi connectivity index (χ4v) is 10.9. The number of hydrogen-bond donors (Lipinski definition) is 0. The van der Waals surface area contributed by atoms with Crippen LogP contribution in [0.2, 0.25) is 0 Å². The van der Waals surface area contributed by atoms with E-state index in [0.29, 0.717) is 0 Å². The molecule has 1 aliphatic carbocycles. The fraction of sp³-hybridized carbons (Fsp3) is 0. The van der Waals surface area contributed by atoms with Gasteiger partial charge in [0.2, 0.25) is 0 Å². The van der Waals surface area contributed by atoms with E-state index in [1.54, 1.807) is 0 Å². The zero-order valence-electron chi connectivity index (χ0n) is 27.2. The summed E-state index contributed by atoms with van der Waals surface area (Å²) in [4.78, 5) is 0. The zero-order valence-corrected chi connectivity index (χ0v) is 28.2. The van der Waals surface area contributed by atoms with Crippen molar-refractivity contribution >= 4 is 78.1 Å². The van der Waals surface area contributed by atoms with E-state index >= 15 is 0 Å². The van der Waals surface area contributed by atoms with Gasteiger partial charge in [0.05, 0.1) is 7.92 Å². The quantitative estimate of drug-likeness (QED) is 0.172. The van der Waals surface area contributed by atoms with E-state index in [-0.39, 0.29) is 0 Å². The Hall–Kier alpha value is -6.01. The summed E-state index contributed by atoms with van der Waals surface area (Å²) in [6, 6.07) is 65.0. The lowest BCUT2D eigenvalue weighted by molar-refractivity contribution is 0.669. The largest absolute Gasteiger partial charge is 0.456 e. The molecule has 0 spiro atoms. The SMILES string of the molecule is c1ccc2c(c1)-c1cccc3c1c-2cc1oc2cc(-c4ccc([PH+](c5ccc6ccccc6c5)c5ccc6ccccc6c5)cc4)ccc2c13. The molecule has 11 rings (SSSR count). The van der Waals surface area contributed by atoms with Crippen molar-refractivity contribution in [1.82, 2.24) is 0 Å². The molecule has 1 heterocycles. The average Bonchev–Trinajstić information content (AvgIpc) is 3.71. The summed E-state index contributed by atoms with van der Waals surface area (Å²) in [5.41, 5.74) is 9.40. The van der Waals surface area contributed by atoms with E-state index in [4.69, 9.17) is 4.42 Å². The third-order valence-electron chi connectivity index (χ3n) is 10.7. The molecule has 0 radical (unpaired) electrons. The average molecular weight is 654 g/mol. The molecule has 0 N–H and O–H groups in total. The van der Waals surface area contributed by atoms with Crippen LogP contribution in [0, 0.1) is 0 Å². The van der Waals surface area contributed by atoms with Crippen molar-refractivity contribution in [3.05, 3.63) is 176 Å². The predicted octanol–water partition coefficient (Wildman–Crippen LogP) is 11.9. The molecule has 0 saturated carbocycles. The summed E-state index contributed by atoms with van der Waals surface area (Å²) >= 11 is 0. The van der Waals surface area contributed by atoms with Gasteiger partial charge in [-0.2, -0.15) is 0 Å². The Bertz CT molecular complexity index is 2910. The molecule has 0 bridgehead atoms. The molecule has 1 nitrogen and oxygen atoms in total. The Labute approximate surface area is 290 Å². The maximum Gasteiger partial charge on any atom is 0.136 e. The smallest absolute Gasteiger partial charge is 0.136 e. The lowest BCUT2D eigenvalue weighted by Gasteiger charge is -2.13. The van der Waals surface area contributed by atoms with Gasteiger partial charge in [0.1, 0.15) is 27.1 Å². The topological polar surface area (TPSA) is 13.1 Å². The van der Waals surface area contributed by atoms with E-state index in [1.807, 2.05) is 0 Å². The third kappa shape index (κ3) is 4.18. The van der Waals surface area contributed by atoms with Gasteiger partial charge >= 0.3 is 0 Å². The highest BCUT2D eigenvalue weighted by Gasteiger charge is 2.27. The second-order valence-corrected chi connectivity index (χ2v) is 15.9. The van der Waals surface area contributed by atoms with Gasteiger partial charge in [-0.15, -0.1) is 0 Å². The first-order valence-corrected chi connectivity index (χ1v) is 18.7. The minimum Gasteiger partial charge on any atom is -0.456 e. The van der Waals surface area contributed by atoms with Crippen molar-refractivity contribution in [3.8, 4) is 33.4 Å². The van der Waals surface area contributed by atoms with Gasteiger partial charge in [0.15, 0.2) is 0 Å². The normalized spacial score (nSPS) is 12.2. The predicted molar refractivity (Wildman–Crippen MR) is 216 cm³/mol. The summed E-state index contributed by atoms with van der Waals surface area (Å²) in [6.45, 7) is 0. The van der Waals surface area contributed by atoms with Crippen LogP contribution < -0.4 is 15.9 Å². The highest BCUT2D eigenvalue weighted by molar-refractivity contribution is 7.79. The molecular formula is C48H30OP+. The fourth-order valence-electron chi connectivity index (χ4n) is 8.34. The zero-order chi connectivity index (χ0) is 32.8. The summed E-state index contributed by atoms with van der Waals surface area (Å²) in [6.07, 6.45) is 0. The molecular weight excluding hydrogens is 624 g/mol. The van der Waals surface area contributed by atoms with Gasteiger partial charge in [-0.25, -0.2) is 0 Å². The molecule has 2 heteroatoms. The number of hydrogen-bond acceptors (Lipinski definition) is 1. The number of rotatable bonds is 4. The monoisotopic (exact) mass is 653 g/mol. The van der Waals surface area contributed by atoms with Crippen LogP contribution >= 0.6 is 7.92 Å². The first-order chi connectivity index (χ1) is 24.8. The van der Waals surface area contributed by atoms with Gasteiger partial charge in [0.25, 0.3) is 0 Å². The molecule has 1 aromatic heterocycles. The molecule has 10 aromatic rings. The second kappa shape index (κ2) is 10.7. The maximum atomic E-state index is 6.66. The van der Waals surface area contributed by atoms with Gasteiger partial charge in [0, 0.05) is 10.8 Å². The number of furan rings is 1. The first-order valence-electron chi connectivity index (χ1n) is 17.2. The Morgan fingerprint density at radius 1 is 0.320 bits per heavy atom. The lowest BCUT2D eigenvalue weighted by Crippen LogP contribution is -2.20. The Kier molecular flexibility index (Phi) is 5.99. The van der Waals surface area contributed by atoms with Crippen LogP contribution in [0.4, 0.5) is 0 Å². The summed E-state index contributed by atoms with van der Waals surface area (Å²) in [5.74, 6) is 0. The van der Waals surface area contributed by atoms with Crippen LogP contribution in [0.1, 0.15) is 0 Å². The molecule has 0 unspecified atom stereocenters. The summed E-state index contributed by atoms with van der Waals surface area (Å²) < 4.78 is 6.66. The number of benzene rings is 9. The standard InChI is InChI=1S/C48H29OP/c1-3-10-33-26-37(23-18-30(33)8-1)50(38-24-19-31-9-2-4-11-34(31)27-38)36-21-16-32(17-22-36)35-20-25-42-45(28-35)49-46-29-44-40-13-6-5-12-39(40)41-14-7-15-43(47(41)44)48(42)46/h1-29H/p+1. The van der Waals surface area contributed by atoms with Crippen LogP contribution in [-0.4, -0.2) is 0 Å². The minimum absolute atomic E-state index is 0.927. The van der Waals surface area contributed by atoms with E-state index in [0.717, 1.165) is 22.1 Å². The van der Waals surface area contributed by atoms with Gasteiger partial charge in [-0.05, 0) is 120 Å². The molecule has 50 heavy (non-hydrogen) atoms. The highest BCUT2D eigenvalue weighted by Crippen LogP contribution is 2.50. The third-order valence-corrected chi connectivity index (χ3v) is 13.4. The van der Waals surface area contributed by atoms with Gasteiger partial charge < -0.3 is 4.42 Å². The van der Waals surface area contributed by atoms with Crippen molar-refractivity contribution in [3.63, 3.8) is 0 Å². The Balaban J connectivity index is 1.02. The van der Waals surface area contributed by atoms with Crippen molar-refractivity contribution < 1.29 is 4.42 Å². The van der Waals surface area contributed by atoms with Crippen molar-refractivity contribution in [2.75, 3.05) is 0 Å². The first kappa shape index (κ1) is 27.9. The van der Waals surface area contributed by atoms with Crippen LogP contribution in [0.25, 0.3) is 87.6 Å². The van der Waals surface area contributed by atoms with Crippen molar-refractivity contribution in [2.45, 2.75) is 0 Å². The summed E-state index contributed by atoms with van der Waals surface area (Å²) in [5, 5.41) is 14.3. The van der Waals surface area contributed by atoms with Crippen LogP contribution in [0.5, 0.6) is 0 Å². The molecule has 1 aliphatic rings. The molecule has 0 saturated heterocycles. The van der Waals surface area contributed by atoms with E-state index in [1.165, 1.54) is 81.4 Å².